The Morgan fingerprint density at radius 2 is 1.97 bits per heavy atom. The fraction of sp³-hybridized carbons (Fsp3) is 0.455. The van der Waals surface area contributed by atoms with E-state index in [0.717, 1.165) is 19.0 Å². The van der Waals surface area contributed by atoms with Gasteiger partial charge in [0.15, 0.2) is 0 Å². The summed E-state index contributed by atoms with van der Waals surface area (Å²) in [6.07, 6.45) is -1.67. The summed E-state index contributed by atoms with van der Waals surface area (Å²) in [5.74, 6) is 0.704. The number of H-pyrrole nitrogens is 1. The number of methoxy groups -OCH3 is 1. The first-order valence-electron chi connectivity index (χ1n) is 11.4. The minimum Gasteiger partial charge on any atom is -0.495 e. The maximum Gasteiger partial charge on any atom is 0.418 e. The number of alkyl halides is 3. The topological polar surface area (TPSA) is 121 Å². The third kappa shape index (κ3) is 4.92. The fourth-order valence-electron chi connectivity index (χ4n) is 4.00. The second-order valence-corrected chi connectivity index (χ2v) is 10.6. The summed E-state index contributed by atoms with van der Waals surface area (Å²) in [6, 6.07) is 4.32. The van der Waals surface area contributed by atoms with E-state index in [4.69, 9.17) is 9.47 Å². The van der Waals surface area contributed by atoms with Crippen molar-refractivity contribution < 1.29 is 31.1 Å². The van der Waals surface area contributed by atoms with E-state index in [9.17, 15) is 21.6 Å². The lowest BCUT2D eigenvalue weighted by atomic mass is 10.2. The zero-order chi connectivity index (χ0) is 25.5. The van der Waals surface area contributed by atoms with Gasteiger partial charge in [0.2, 0.25) is 16.0 Å². The first-order valence-corrected chi connectivity index (χ1v) is 12.8. The highest BCUT2D eigenvalue weighted by Gasteiger charge is 2.36. The molecule has 36 heavy (non-hydrogen) atoms. The number of nitrogens with one attached hydrogen (secondary N) is 3. The van der Waals surface area contributed by atoms with Crippen molar-refractivity contribution in [3.8, 4) is 5.75 Å². The van der Waals surface area contributed by atoms with Crippen LogP contribution >= 0.6 is 0 Å². The predicted octanol–water partition coefficient (Wildman–Crippen LogP) is 3.57. The lowest BCUT2D eigenvalue weighted by Gasteiger charge is -2.26. The summed E-state index contributed by atoms with van der Waals surface area (Å²) < 4.78 is 78.7. The van der Waals surface area contributed by atoms with Crippen molar-refractivity contribution in [1.29, 1.82) is 0 Å². The van der Waals surface area contributed by atoms with Crippen LogP contribution in [0, 0.1) is 5.92 Å². The molecule has 0 bridgehead atoms. The predicted molar refractivity (Wildman–Crippen MR) is 126 cm³/mol. The van der Waals surface area contributed by atoms with Crippen LogP contribution < -0.4 is 15.4 Å². The normalized spacial score (nSPS) is 17.3. The number of hydrogen-bond acceptors (Lipinski definition) is 8. The molecule has 3 N–H and O–H groups in total. The second kappa shape index (κ2) is 9.41. The second-order valence-electron chi connectivity index (χ2n) is 8.65. The van der Waals surface area contributed by atoms with E-state index in [2.05, 4.69) is 25.6 Å². The highest BCUT2D eigenvalue weighted by atomic mass is 32.2. The van der Waals surface area contributed by atoms with Crippen LogP contribution in [-0.4, -0.2) is 67.6 Å². The molecule has 1 aliphatic heterocycles. The van der Waals surface area contributed by atoms with Crippen molar-refractivity contribution in [1.82, 2.24) is 19.3 Å². The van der Waals surface area contributed by atoms with Gasteiger partial charge in [0.05, 0.1) is 41.9 Å². The van der Waals surface area contributed by atoms with E-state index in [1.165, 1.54) is 29.6 Å². The van der Waals surface area contributed by atoms with E-state index < -0.39 is 21.8 Å². The minimum atomic E-state index is -4.57. The van der Waals surface area contributed by atoms with Gasteiger partial charge in [-0.1, -0.05) is 0 Å². The van der Waals surface area contributed by atoms with Gasteiger partial charge >= 0.3 is 6.18 Å². The molecule has 5 rings (SSSR count). The van der Waals surface area contributed by atoms with Crippen molar-refractivity contribution in [3.05, 3.63) is 30.0 Å². The average molecular weight is 527 g/mol. The Morgan fingerprint density at radius 3 is 2.64 bits per heavy atom. The lowest BCUT2D eigenvalue weighted by Crippen LogP contribution is -2.40. The van der Waals surface area contributed by atoms with Gasteiger partial charge < -0.3 is 25.1 Å². The zero-order valence-corrected chi connectivity index (χ0v) is 20.2. The van der Waals surface area contributed by atoms with Crippen LogP contribution in [0.25, 0.3) is 11.0 Å². The molecule has 2 aromatic heterocycles. The number of anilines is 3. The average Bonchev–Trinajstić information content (AvgIpc) is 3.58. The molecule has 3 aromatic rings. The number of benzene rings is 1. The first kappa shape index (κ1) is 24.6. The molecule has 2 fully saturated rings. The molecular formula is C22H25F3N6O4S. The van der Waals surface area contributed by atoms with Crippen LogP contribution in [0.1, 0.15) is 18.4 Å². The van der Waals surface area contributed by atoms with Crippen LogP contribution in [0.4, 0.5) is 30.6 Å². The van der Waals surface area contributed by atoms with Crippen molar-refractivity contribution >= 4 is 38.5 Å². The van der Waals surface area contributed by atoms with Crippen LogP contribution in [0.3, 0.4) is 0 Å². The van der Waals surface area contributed by atoms with Crippen molar-refractivity contribution in [2.45, 2.75) is 23.9 Å². The molecule has 1 saturated carbocycles. The molecule has 0 unspecified atom stereocenters. The van der Waals surface area contributed by atoms with Crippen molar-refractivity contribution in [2.75, 3.05) is 50.6 Å². The molecule has 1 saturated heterocycles. The largest absolute Gasteiger partial charge is 0.495 e. The van der Waals surface area contributed by atoms with Gasteiger partial charge in [0.1, 0.15) is 17.2 Å². The summed E-state index contributed by atoms with van der Waals surface area (Å²) in [7, 11) is -2.36. The Balaban J connectivity index is 1.47. The third-order valence-corrected chi connectivity index (χ3v) is 8.01. The molecule has 14 heteroatoms. The number of sulfonamides is 1. The van der Waals surface area contributed by atoms with Crippen molar-refractivity contribution in [2.24, 2.45) is 5.92 Å². The van der Waals surface area contributed by atoms with E-state index in [1.54, 1.807) is 0 Å². The molecule has 3 heterocycles. The number of morpholine rings is 1. The molecule has 1 aromatic carbocycles. The van der Waals surface area contributed by atoms with Gasteiger partial charge in [-0.15, -0.1) is 0 Å². The summed E-state index contributed by atoms with van der Waals surface area (Å²) in [5, 5.41) is 5.85. The van der Waals surface area contributed by atoms with Crippen molar-refractivity contribution in [3.63, 3.8) is 0 Å². The minimum absolute atomic E-state index is 0.0172. The molecule has 2 aliphatic rings. The number of nitrogens with zero attached hydrogens (tertiary/aromatic N) is 3. The van der Waals surface area contributed by atoms with E-state index in [-0.39, 0.29) is 46.5 Å². The Labute approximate surface area is 205 Å². The van der Waals surface area contributed by atoms with Gasteiger partial charge in [-0.3, -0.25) is 0 Å². The Bertz CT molecular complexity index is 1370. The SMILES string of the molecule is COc1cc(S(=O)(=O)N2CCOCC2)ccc1Nc1nc(NCC2CC2)c2c(C(F)(F)F)c[nH]c2n1. The highest BCUT2D eigenvalue weighted by molar-refractivity contribution is 7.89. The smallest absolute Gasteiger partial charge is 0.418 e. The number of fused-ring (bicyclic) bond motifs is 1. The number of aromatic amines is 1. The van der Waals surface area contributed by atoms with Crippen LogP contribution in [0.5, 0.6) is 5.75 Å². The number of halogens is 3. The molecule has 10 nitrogen and oxygen atoms in total. The molecular weight excluding hydrogens is 501 g/mol. The first-order chi connectivity index (χ1) is 17.2. The Kier molecular flexibility index (Phi) is 6.43. The number of ether oxygens (including phenoxy) is 2. The molecule has 0 radical (unpaired) electrons. The maximum absolute atomic E-state index is 13.6. The summed E-state index contributed by atoms with van der Waals surface area (Å²) in [5.41, 5.74) is -0.477. The third-order valence-electron chi connectivity index (χ3n) is 6.12. The Hall–Kier alpha value is -3.10. The highest BCUT2D eigenvalue weighted by Crippen LogP contribution is 2.39. The van der Waals surface area contributed by atoms with Gasteiger partial charge in [-0.05, 0) is 30.9 Å². The summed E-state index contributed by atoms with van der Waals surface area (Å²) >= 11 is 0. The van der Waals surface area contributed by atoms with Gasteiger partial charge in [0, 0.05) is 31.9 Å². The number of hydrogen-bond donors (Lipinski definition) is 3. The van der Waals surface area contributed by atoms with Crippen LogP contribution in [0.2, 0.25) is 0 Å². The molecule has 0 amide bonds. The summed E-state index contributed by atoms with van der Waals surface area (Å²) in [6.45, 7) is 1.66. The molecule has 1 aliphatic carbocycles. The summed E-state index contributed by atoms with van der Waals surface area (Å²) in [4.78, 5) is 11.2. The lowest BCUT2D eigenvalue weighted by molar-refractivity contribution is -0.136. The van der Waals surface area contributed by atoms with E-state index >= 15 is 0 Å². The number of aromatic nitrogens is 3. The van der Waals surface area contributed by atoms with E-state index in [1.807, 2.05) is 0 Å². The quantitative estimate of drug-likeness (QED) is 0.407. The van der Waals surface area contributed by atoms with Gasteiger partial charge in [-0.25, -0.2) is 8.42 Å². The van der Waals surface area contributed by atoms with Crippen LogP contribution in [-0.2, 0) is 20.9 Å². The standard InChI is InChI=1S/C22H25F3N6O4S/c1-34-17-10-14(36(32,33)31-6-8-35-9-7-31)4-5-16(17)28-21-29-19(26-11-13-2-3-13)18-15(22(23,24)25)12-27-20(18)30-21/h4-5,10,12-13H,2-3,6-9,11H2,1H3,(H3,26,27,28,29,30). The Morgan fingerprint density at radius 1 is 1.22 bits per heavy atom. The van der Waals surface area contributed by atoms with Crippen LogP contribution in [0.15, 0.2) is 29.3 Å². The molecule has 0 atom stereocenters. The molecule has 0 spiro atoms. The van der Waals surface area contributed by atoms with Gasteiger partial charge in [0.25, 0.3) is 0 Å². The fourth-order valence-corrected chi connectivity index (χ4v) is 5.42. The molecule has 194 valence electrons. The maximum atomic E-state index is 13.6. The van der Waals surface area contributed by atoms with E-state index in [0.29, 0.717) is 31.4 Å². The number of rotatable bonds is 8. The zero-order valence-electron chi connectivity index (χ0n) is 19.4. The monoisotopic (exact) mass is 526 g/mol. The van der Waals surface area contributed by atoms with Gasteiger partial charge in [-0.2, -0.15) is 27.4 Å².